The number of likely N-dealkylation sites (tertiary alicyclic amines) is 1. The van der Waals surface area contributed by atoms with Crippen molar-refractivity contribution in [1.82, 2.24) is 9.80 Å². The molecule has 0 spiro atoms. The molecule has 9 nitrogen and oxygen atoms in total. The number of ether oxygens (including phenoxy) is 4. The van der Waals surface area contributed by atoms with Crippen LogP contribution in [0.25, 0.3) is 5.76 Å². The van der Waals surface area contributed by atoms with Gasteiger partial charge in [0.05, 0.1) is 44.6 Å². The van der Waals surface area contributed by atoms with E-state index in [1.807, 2.05) is 25.9 Å². The maximum Gasteiger partial charge on any atom is 0.295 e. The quantitative estimate of drug-likeness (QED) is 0.262. The number of carbonyl (C=O) groups excluding carboxylic acids is 2. The average molecular weight is 533 g/mol. The Morgan fingerprint density at radius 1 is 1.03 bits per heavy atom. The second kappa shape index (κ2) is 12.2. The Kier molecular flexibility index (Phi) is 9.29. The third-order valence-electron chi connectivity index (χ3n) is 6.05. The van der Waals surface area contributed by atoms with E-state index in [2.05, 4.69) is 0 Å². The van der Waals surface area contributed by atoms with E-state index in [-0.39, 0.29) is 11.3 Å². The van der Waals surface area contributed by atoms with E-state index < -0.39 is 17.7 Å². The van der Waals surface area contributed by atoms with E-state index in [9.17, 15) is 14.7 Å². The van der Waals surface area contributed by atoms with Crippen molar-refractivity contribution in [2.75, 3.05) is 55.1 Å². The van der Waals surface area contributed by atoms with Gasteiger partial charge in [0.2, 0.25) is 5.75 Å². The topological polar surface area (TPSA) is 97.8 Å². The van der Waals surface area contributed by atoms with Crippen LogP contribution >= 0.6 is 11.6 Å². The summed E-state index contributed by atoms with van der Waals surface area (Å²) in [6, 6.07) is 7.17. The summed E-state index contributed by atoms with van der Waals surface area (Å²) in [4.78, 5) is 30.1. The molecule has 0 saturated carbocycles. The van der Waals surface area contributed by atoms with Gasteiger partial charge in [-0.2, -0.15) is 0 Å². The summed E-state index contributed by atoms with van der Waals surface area (Å²) < 4.78 is 22.0. The highest BCUT2D eigenvalue weighted by Crippen LogP contribution is 2.46. The van der Waals surface area contributed by atoms with Crippen molar-refractivity contribution >= 4 is 29.1 Å². The molecule has 1 N–H and O–H groups in total. The minimum Gasteiger partial charge on any atom is -0.507 e. The SMILES string of the molecule is CCOc1cc(/C(O)=C2\C(=O)C(=O)N(CCCN(C)C)C2c2cc(OC)c(OC)c(OC)c2)ccc1Cl. The summed E-state index contributed by atoms with van der Waals surface area (Å²) >= 11 is 6.22. The fraction of sp³-hybridized carbons (Fsp3) is 0.407. The summed E-state index contributed by atoms with van der Waals surface area (Å²) in [6.45, 7) is 3.18. The maximum absolute atomic E-state index is 13.4. The Labute approximate surface area is 222 Å². The Bertz CT molecular complexity index is 1170. The number of amides is 1. The lowest BCUT2D eigenvalue weighted by Gasteiger charge is -2.27. The number of aliphatic hydroxyl groups excluding tert-OH is 1. The van der Waals surface area contributed by atoms with Crippen LogP contribution in [0.2, 0.25) is 5.02 Å². The minimum absolute atomic E-state index is 0.0473. The first-order chi connectivity index (χ1) is 17.7. The fourth-order valence-corrected chi connectivity index (χ4v) is 4.52. The van der Waals surface area contributed by atoms with Crippen LogP contribution in [-0.2, 0) is 9.59 Å². The third kappa shape index (κ3) is 5.78. The van der Waals surface area contributed by atoms with Crippen molar-refractivity contribution in [3.05, 3.63) is 52.1 Å². The lowest BCUT2D eigenvalue weighted by atomic mass is 9.94. The standard InChI is InChI=1S/C27H33ClN2O7/c1-7-37-19-13-16(9-10-18(19)28)24(31)22-23(30(27(33)25(22)32)12-8-11-29(2)3)17-14-20(34-4)26(36-6)21(15-17)35-5/h9-10,13-15,23,31H,7-8,11-12H2,1-6H3/b24-22+. The molecule has 200 valence electrons. The summed E-state index contributed by atoms with van der Waals surface area (Å²) in [6.07, 6.45) is 0.621. The van der Waals surface area contributed by atoms with Crippen molar-refractivity contribution in [1.29, 1.82) is 0 Å². The lowest BCUT2D eigenvalue weighted by Crippen LogP contribution is -2.32. The molecular formula is C27H33ClN2O7. The highest BCUT2D eigenvalue weighted by atomic mass is 35.5. The van der Waals surface area contributed by atoms with Crippen molar-refractivity contribution in [2.45, 2.75) is 19.4 Å². The van der Waals surface area contributed by atoms with E-state index in [0.717, 1.165) is 0 Å². The summed E-state index contributed by atoms with van der Waals surface area (Å²) in [5.74, 6) is -0.353. The Hall–Kier alpha value is -3.43. The van der Waals surface area contributed by atoms with E-state index in [1.165, 1.54) is 26.2 Å². The molecule has 0 bridgehead atoms. The number of methoxy groups -OCH3 is 3. The van der Waals surface area contributed by atoms with Crippen LogP contribution in [0, 0.1) is 0 Å². The van der Waals surface area contributed by atoms with Gasteiger partial charge >= 0.3 is 0 Å². The molecule has 2 aromatic carbocycles. The third-order valence-corrected chi connectivity index (χ3v) is 6.36. The number of rotatable bonds is 11. The van der Waals surface area contributed by atoms with Gasteiger partial charge in [-0.25, -0.2) is 0 Å². The zero-order valence-electron chi connectivity index (χ0n) is 22.0. The van der Waals surface area contributed by atoms with Crippen LogP contribution in [0.3, 0.4) is 0 Å². The molecule has 1 fully saturated rings. The molecule has 1 aliphatic heterocycles. The molecule has 1 amide bonds. The van der Waals surface area contributed by atoms with E-state index in [0.29, 0.717) is 65.3 Å². The number of benzene rings is 2. The molecule has 0 aliphatic carbocycles. The van der Waals surface area contributed by atoms with Crippen molar-refractivity contribution in [3.8, 4) is 23.0 Å². The second-order valence-corrected chi connectivity index (χ2v) is 9.09. The number of halogens is 1. The highest BCUT2D eigenvalue weighted by Gasteiger charge is 2.46. The molecule has 0 aromatic heterocycles. The molecule has 0 radical (unpaired) electrons. The van der Waals surface area contributed by atoms with Crippen LogP contribution < -0.4 is 18.9 Å². The van der Waals surface area contributed by atoms with Crippen molar-refractivity contribution in [2.24, 2.45) is 0 Å². The van der Waals surface area contributed by atoms with Gasteiger partial charge in [-0.1, -0.05) is 11.6 Å². The number of hydrogen-bond donors (Lipinski definition) is 1. The van der Waals surface area contributed by atoms with Crippen LogP contribution in [0.4, 0.5) is 0 Å². The number of ketones is 1. The molecule has 1 aliphatic rings. The highest BCUT2D eigenvalue weighted by molar-refractivity contribution is 6.46. The largest absolute Gasteiger partial charge is 0.507 e. The van der Waals surface area contributed by atoms with Gasteiger partial charge in [0.1, 0.15) is 11.5 Å². The number of carbonyl (C=O) groups is 2. The first kappa shape index (κ1) is 28.1. The van der Waals surface area contributed by atoms with E-state index in [1.54, 1.807) is 30.3 Å². The summed E-state index contributed by atoms with van der Waals surface area (Å²) in [5.41, 5.74) is 0.782. The fourth-order valence-electron chi connectivity index (χ4n) is 4.35. The first-order valence-corrected chi connectivity index (χ1v) is 12.2. The van der Waals surface area contributed by atoms with Crippen LogP contribution in [-0.4, -0.2) is 81.7 Å². The van der Waals surface area contributed by atoms with Crippen LogP contribution in [0.5, 0.6) is 23.0 Å². The monoisotopic (exact) mass is 532 g/mol. The molecule has 37 heavy (non-hydrogen) atoms. The van der Waals surface area contributed by atoms with Gasteiger partial charge in [0.15, 0.2) is 11.5 Å². The molecular weight excluding hydrogens is 500 g/mol. The summed E-state index contributed by atoms with van der Waals surface area (Å²) in [7, 11) is 8.32. The predicted octanol–water partition coefficient (Wildman–Crippen LogP) is 4.14. The zero-order valence-corrected chi connectivity index (χ0v) is 22.7. The van der Waals surface area contributed by atoms with Crippen molar-refractivity contribution in [3.63, 3.8) is 0 Å². The second-order valence-electron chi connectivity index (χ2n) is 8.69. The van der Waals surface area contributed by atoms with E-state index >= 15 is 0 Å². The molecule has 1 heterocycles. The first-order valence-electron chi connectivity index (χ1n) is 11.8. The molecule has 2 aromatic rings. The minimum atomic E-state index is -0.887. The number of aliphatic hydroxyl groups is 1. The van der Waals surface area contributed by atoms with E-state index in [4.69, 9.17) is 30.5 Å². The van der Waals surface area contributed by atoms with Gasteiger partial charge in [-0.05, 0) is 69.9 Å². The maximum atomic E-state index is 13.4. The van der Waals surface area contributed by atoms with Gasteiger partial charge in [0, 0.05) is 12.1 Å². The van der Waals surface area contributed by atoms with Crippen LogP contribution in [0.15, 0.2) is 35.9 Å². The van der Waals surface area contributed by atoms with Gasteiger partial charge in [-0.15, -0.1) is 0 Å². The summed E-state index contributed by atoms with van der Waals surface area (Å²) in [5, 5.41) is 11.8. The predicted molar refractivity (Wildman–Crippen MR) is 141 cm³/mol. The number of nitrogens with zero attached hydrogens (tertiary/aromatic N) is 2. The normalized spacial score (nSPS) is 16.9. The molecule has 3 rings (SSSR count). The van der Waals surface area contributed by atoms with Gasteiger partial charge in [0.25, 0.3) is 11.7 Å². The van der Waals surface area contributed by atoms with Gasteiger partial charge < -0.3 is 33.9 Å². The number of hydrogen-bond acceptors (Lipinski definition) is 8. The zero-order chi connectivity index (χ0) is 27.3. The van der Waals surface area contributed by atoms with Crippen LogP contribution in [0.1, 0.15) is 30.5 Å². The Balaban J connectivity index is 2.23. The number of Topliss-reactive ketones (excluding diaryl/α,β-unsaturated/α-hetero) is 1. The average Bonchev–Trinajstić information content (AvgIpc) is 3.13. The molecule has 1 atom stereocenters. The van der Waals surface area contributed by atoms with Gasteiger partial charge in [-0.3, -0.25) is 9.59 Å². The molecule has 1 saturated heterocycles. The smallest absolute Gasteiger partial charge is 0.295 e. The Morgan fingerprint density at radius 3 is 2.22 bits per heavy atom. The van der Waals surface area contributed by atoms with Crippen molar-refractivity contribution < 1.29 is 33.6 Å². The lowest BCUT2D eigenvalue weighted by molar-refractivity contribution is -0.139. The Morgan fingerprint density at radius 2 is 1.68 bits per heavy atom. The molecule has 10 heteroatoms. The molecule has 1 unspecified atom stereocenters.